The maximum atomic E-state index is 11.1. The summed E-state index contributed by atoms with van der Waals surface area (Å²) in [6.07, 6.45) is 5.02. The first kappa shape index (κ1) is 15.3. The van der Waals surface area contributed by atoms with Gasteiger partial charge >= 0.3 is 0 Å². The molecule has 5 heteroatoms. The zero-order valence-corrected chi connectivity index (χ0v) is 12.9. The van der Waals surface area contributed by atoms with E-state index in [0.717, 1.165) is 18.5 Å². The maximum Gasteiger partial charge on any atom is 0.162 e. The molecule has 0 bridgehead atoms. The minimum atomic E-state index is -0.913. The molecule has 114 valence electrons. The van der Waals surface area contributed by atoms with Crippen molar-refractivity contribution in [1.29, 1.82) is 0 Å². The molecule has 1 aromatic heterocycles. The van der Waals surface area contributed by atoms with E-state index in [1.165, 1.54) is 0 Å². The lowest BCUT2D eigenvalue weighted by atomic mass is 9.85. The summed E-state index contributed by atoms with van der Waals surface area (Å²) in [7, 11) is 1.62. The van der Waals surface area contributed by atoms with Crippen LogP contribution in [0.25, 0.3) is 0 Å². The first-order valence-electron chi connectivity index (χ1n) is 7.47. The number of hydrogen-bond donors (Lipinski definition) is 1. The van der Waals surface area contributed by atoms with E-state index in [1.807, 2.05) is 4.68 Å². The molecule has 1 fully saturated rings. The van der Waals surface area contributed by atoms with Crippen LogP contribution in [0.4, 0.5) is 0 Å². The molecule has 1 aliphatic heterocycles. The van der Waals surface area contributed by atoms with Crippen LogP contribution in [0.2, 0.25) is 0 Å². The smallest absolute Gasteiger partial charge is 0.162 e. The van der Waals surface area contributed by atoms with Crippen molar-refractivity contribution in [3.8, 4) is 5.75 Å². The highest BCUT2D eigenvalue weighted by atomic mass is 16.5. The summed E-state index contributed by atoms with van der Waals surface area (Å²) in [5.41, 5.74) is -0.121. The van der Waals surface area contributed by atoms with Crippen LogP contribution in [0, 0.1) is 0 Å². The normalized spacial score (nSPS) is 27.0. The molecule has 2 rings (SSSR count). The van der Waals surface area contributed by atoms with Gasteiger partial charge in [0, 0.05) is 18.9 Å². The average Bonchev–Trinajstić information content (AvgIpc) is 2.84. The highest BCUT2D eigenvalue weighted by Gasteiger charge is 2.41. The Hall–Kier alpha value is -1.07. The molecule has 2 atom stereocenters. The van der Waals surface area contributed by atoms with Crippen molar-refractivity contribution in [2.45, 2.75) is 64.2 Å². The van der Waals surface area contributed by atoms with E-state index in [1.54, 1.807) is 13.3 Å². The lowest BCUT2D eigenvalue weighted by molar-refractivity contribution is -0.114. The first-order valence-corrected chi connectivity index (χ1v) is 7.47. The van der Waals surface area contributed by atoms with E-state index < -0.39 is 5.60 Å². The predicted octanol–water partition coefficient (Wildman–Crippen LogP) is 2.64. The van der Waals surface area contributed by atoms with Gasteiger partial charge in [0.05, 0.1) is 26.0 Å². The molecule has 2 heterocycles. The minimum absolute atomic E-state index is 0.110. The number of aliphatic hydroxyl groups is 1. The lowest BCUT2D eigenvalue weighted by Crippen LogP contribution is -2.40. The summed E-state index contributed by atoms with van der Waals surface area (Å²) < 4.78 is 13.0. The van der Waals surface area contributed by atoms with Crippen molar-refractivity contribution in [3.63, 3.8) is 0 Å². The van der Waals surface area contributed by atoms with Crippen molar-refractivity contribution in [2.75, 3.05) is 13.7 Å². The van der Waals surface area contributed by atoms with Gasteiger partial charge in [-0.15, -0.1) is 0 Å². The fourth-order valence-electron chi connectivity index (χ4n) is 2.98. The molecular weight excluding hydrogens is 256 g/mol. The van der Waals surface area contributed by atoms with E-state index in [2.05, 4.69) is 25.9 Å². The van der Waals surface area contributed by atoms with Crippen LogP contribution in [0.1, 0.15) is 58.2 Å². The van der Waals surface area contributed by atoms with Crippen molar-refractivity contribution in [3.05, 3.63) is 11.9 Å². The van der Waals surface area contributed by atoms with Crippen molar-refractivity contribution in [2.24, 2.45) is 0 Å². The van der Waals surface area contributed by atoms with Crippen molar-refractivity contribution in [1.82, 2.24) is 9.78 Å². The van der Waals surface area contributed by atoms with E-state index in [9.17, 15) is 5.11 Å². The van der Waals surface area contributed by atoms with Gasteiger partial charge in [-0.1, -0.05) is 13.3 Å². The molecule has 0 spiro atoms. The molecule has 1 aliphatic rings. The molecule has 2 unspecified atom stereocenters. The predicted molar refractivity (Wildman–Crippen MR) is 76.9 cm³/mol. The van der Waals surface area contributed by atoms with Gasteiger partial charge in [-0.3, -0.25) is 4.68 Å². The molecule has 0 radical (unpaired) electrons. The second-order valence-corrected chi connectivity index (χ2v) is 5.87. The zero-order valence-electron chi connectivity index (χ0n) is 12.9. The molecule has 1 saturated heterocycles. The molecule has 0 aliphatic carbocycles. The quantitative estimate of drug-likeness (QED) is 0.902. The highest BCUT2D eigenvalue weighted by Crippen LogP contribution is 2.41. The topological polar surface area (TPSA) is 56.5 Å². The second kappa shape index (κ2) is 6.14. The van der Waals surface area contributed by atoms with E-state index in [0.29, 0.717) is 25.2 Å². The van der Waals surface area contributed by atoms with E-state index in [-0.39, 0.29) is 12.1 Å². The molecule has 5 nitrogen and oxygen atoms in total. The van der Waals surface area contributed by atoms with Gasteiger partial charge in [-0.2, -0.15) is 5.10 Å². The van der Waals surface area contributed by atoms with Gasteiger partial charge in [-0.25, -0.2) is 0 Å². The fraction of sp³-hybridized carbons (Fsp3) is 0.800. The van der Waals surface area contributed by atoms with E-state index in [4.69, 9.17) is 9.47 Å². The monoisotopic (exact) mass is 282 g/mol. The first-order chi connectivity index (χ1) is 9.51. The molecule has 0 saturated carbocycles. The van der Waals surface area contributed by atoms with Gasteiger partial charge in [0.25, 0.3) is 0 Å². The number of rotatable bonds is 5. The van der Waals surface area contributed by atoms with Crippen LogP contribution < -0.4 is 4.74 Å². The zero-order chi connectivity index (χ0) is 14.8. The number of ether oxygens (including phenoxy) is 2. The van der Waals surface area contributed by atoms with Crippen LogP contribution in [0.3, 0.4) is 0 Å². The number of methoxy groups -OCH3 is 1. The Kier molecular flexibility index (Phi) is 4.70. The second-order valence-electron chi connectivity index (χ2n) is 5.87. The van der Waals surface area contributed by atoms with Crippen LogP contribution in [-0.4, -0.2) is 34.7 Å². The third-order valence-electron chi connectivity index (χ3n) is 3.96. The fourth-order valence-corrected chi connectivity index (χ4v) is 2.98. The Labute approximate surface area is 120 Å². The van der Waals surface area contributed by atoms with Gasteiger partial charge < -0.3 is 14.6 Å². The summed E-state index contributed by atoms with van der Waals surface area (Å²) in [5.74, 6) is 0.665. The molecule has 1 aromatic rings. The lowest BCUT2D eigenvalue weighted by Gasteiger charge is -2.38. The third kappa shape index (κ3) is 2.83. The molecule has 0 amide bonds. The summed E-state index contributed by atoms with van der Waals surface area (Å²) >= 11 is 0. The highest BCUT2D eigenvalue weighted by molar-refractivity contribution is 5.32. The Bertz CT molecular complexity index is 442. The molecule has 0 aromatic carbocycles. The number of aromatic nitrogens is 2. The minimum Gasteiger partial charge on any atom is -0.493 e. The summed E-state index contributed by atoms with van der Waals surface area (Å²) in [6.45, 7) is 6.83. The van der Waals surface area contributed by atoms with Crippen LogP contribution in [0.5, 0.6) is 5.75 Å². The van der Waals surface area contributed by atoms with E-state index >= 15 is 0 Å². The molecule has 1 N–H and O–H groups in total. The Morgan fingerprint density at radius 1 is 1.60 bits per heavy atom. The number of nitrogens with zero attached hydrogens (tertiary/aromatic N) is 2. The third-order valence-corrected chi connectivity index (χ3v) is 3.96. The van der Waals surface area contributed by atoms with Crippen molar-refractivity contribution < 1.29 is 14.6 Å². The average molecular weight is 282 g/mol. The largest absolute Gasteiger partial charge is 0.493 e. The Morgan fingerprint density at radius 2 is 2.35 bits per heavy atom. The maximum absolute atomic E-state index is 11.1. The van der Waals surface area contributed by atoms with Crippen LogP contribution in [0.15, 0.2) is 6.20 Å². The van der Waals surface area contributed by atoms with Crippen LogP contribution >= 0.6 is 0 Å². The standard InChI is InChI=1S/C15H26N2O3/c1-5-6-12-9-15(18,7-8-20-12)14-13(19-4)10-16-17(14)11(2)3/h10-12,18H,5-9H2,1-4H3. The summed E-state index contributed by atoms with van der Waals surface area (Å²) in [4.78, 5) is 0. The number of hydrogen-bond acceptors (Lipinski definition) is 4. The van der Waals surface area contributed by atoms with Gasteiger partial charge in [0.15, 0.2) is 5.75 Å². The molecular formula is C15H26N2O3. The van der Waals surface area contributed by atoms with Gasteiger partial charge in [-0.05, 0) is 20.3 Å². The molecule has 20 heavy (non-hydrogen) atoms. The summed E-state index contributed by atoms with van der Waals surface area (Å²) in [5, 5.41) is 15.5. The Morgan fingerprint density at radius 3 is 2.95 bits per heavy atom. The van der Waals surface area contributed by atoms with Gasteiger partial charge in [0.2, 0.25) is 0 Å². The Balaban J connectivity index is 2.35. The van der Waals surface area contributed by atoms with Crippen molar-refractivity contribution >= 4 is 0 Å². The summed E-state index contributed by atoms with van der Waals surface area (Å²) in [6, 6.07) is 0.186. The SMILES string of the molecule is CCCC1CC(O)(c2c(OC)cnn2C(C)C)CCO1. The van der Waals surface area contributed by atoms with Crippen LogP contribution in [-0.2, 0) is 10.3 Å². The van der Waals surface area contributed by atoms with Gasteiger partial charge in [0.1, 0.15) is 11.3 Å².